The van der Waals surface area contributed by atoms with Crippen LogP contribution in [0, 0.1) is 0 Å². The SMILES string of the molecule is CNC1(COC)CC1.Cl. The molecule has 0 unspecified atom stereocenters. The highest BCUT2D eigenvalue weighted by molar-refractivity contribution is 5.85. The molecule has 3 heteroatoms. The molecule has 1 aliphatic carbocycles. The van der Waals surface area contributed by atoms with E-state index in [4.69, 9.17) is 4.74 Å². The van der Waals surface area contributed by atoms with E-state index in [0.29, 0.717) is 5.54 Å². The average molecular weight is 152 g/mol. The fraction of sp³-hybridized carbons (Fsp3) is 1.00. The van der Waals surface area contributed by atoms with Crippen LogP contribution in [0.15, 0.2) is 0 Å². The van der Waals surface area contributed by atoms with Crippen molar-refractivity contribution in [3.8, 4) is 0 Å². The topological polar surface area (TPSA) is 21.3 Å². The van der Waals surface area contributed by atoms with Gasteiger partial charge in [-0.05, 0) is 19.9 Å². The molecule has 0 atom stereocenters. The van der Waals surface area contributed by atoms with Crippen LogP contribution in [0.1, 0.15) is 12.8 Å². The third-order valence-corrected chi connectivity index (χ3v) is 1.80. The van der Waals surface area contributed by atoms with Crippen LogP contribution in [0.25, 0.3) is 0 Å². The molecular formula is C6H14ClNO. The molecule has 9 heavy (non-hydrogen) atoms. The molecule has 1 saturated carbocycles. The molecule has 0 amide bonds. The lowest BCUT2D eigenvalue weighted by atomic mass is 10.3. The highest BCUT2D eigenvalue weighted by atomic mass is 35.5. The van der Waals surface area contributed by atoms with Crippen LogP contribution in [0.5, 0.6) is 0 Å². The monoisotopic (exact) mass is 151 g/mol. The van der Waals surface area contributed by atoms with E-state index in [2.05, 4.69) is 5.32 Å². The molecule has 2 nitrogen and oxygen atoms in total. The van der Waals surface area contributed by atoms with Gasteiger partial charge >= 0.3 is 0 Å². The fourth-order valence-corrected chi connectivity index (χ4v) is 0.894. The first-order valence-corrected chi connectivity index (χ1v) is 3.01. The molecule has 56 valence electrons. The van der Waals surface area contributed by atoms with E-state index < -0.39 is 0 Å². The van der Waals surface area contributed by atoms with Crippen LogP contribution in [0.2, 0.25) is 0 Å². The smallest absolute Gasteiger partial charge is 0.0644 e. The lowest BCUT2D eigenvalue weighted by Gasteiger charge is -2.10. The number of ether oxygens (including phenoxy) is 1. The minimum atomic E-state index is 0. The Morgan fingerprint density at radius 1 is 1.56 bits per heavy atom. The van der Waals surface area contributed by atoms with Crippen molar-refractivity contribution in [1.82, 2.24) is 5.32 Å². The second kappa shape index (κ2) is 3.40. The van der Waals surface area contributed by atoms with Gasteiger partial charge in [0.05, 0.1) is 6.61 Å². The molecule has 1 aliphatic rings. The van der Waals surface area contributed by atoms with Crippen molar-refractivity contribution in [3.05, 3.63) is 0 Å². The predicted octanol–water partition coefficient (Wildman–Crippen LogP) is 0.807. The summed E-state index contributed by atoms with van der Waals surface area (Å²) in [5, 5.41) is 3.23. The van der Waals surface area contributed by atoms with Gasteiger partial charge in [0.1, 0.15) is 0 Å². The molecule has 0 aliphatic heterocycles. The van der Waals surface area contributed by atoms with Crippen molar-refractivity contribution in [2.75, 3.05) is 20.8 Å². The van der Waals surface area contributed by atoms with Crippen molar-refractivity contribution in [2.24, 2.45) is 0 Å². The Kier molecular flexibility index (Phi) is 3.48. The van der Waals surface area contributed by atoms with E-state index in [9.17, 15) is 0 Å². The average Bonchev–Trinajstić information content (AvgIpc) is 2.50. The Morgan fingerprint density at radius 2 is 2.11 bits per heavy atom. The van der Waals surface area contributed by atoms with Crippen LogP contribution in [0.3, 0.4) is 0 Å². The normalized spacial score (nSPS) is 20.7. The highest BCUT2D eigenvalue weighted by Gasteiger charge is 2.40. The first-order valence-electron chi connectivity index (χ1n) is 3.01. The van der Waals surface area contributed by atoms with Crippen molar-refractivity contribution in [1.29, 1.82) is 0 Å². The number of likely N-dealkylation sites (N-methyl/N-ethyl adjacent to an activating group) is 1. The molecule has 1 fully saturated rings. The molecular weight excluding hydrogens is 138 g/mol. The summed E-state index contributed by atoms with van der Waals surface area (Å²) in [7, 11) is 3.74. The molecule has 0 bridgehead atoms. The second-order valence-corrected chi connectivity index (χ2v) is 2.46. The summed E-state index contributed by atoms with van der Waals surface area (Å²) >= 11 is 0. The van der Waals surface area contributed by atoms with Gasteiger partial charge in [0.15, 0.2) is 0 Å². The molecule has 1 N–H and O–H groups in total. The number of nitrogens with one attached hydrogen (secondary N) is 1. The summed E-state index contributed by atoms with van der Waals surface area (Å²) in [5.74, 6) is 0. The number of halogens is 1. The van der Waals surface area contributed by atoms with Crippen molar-refractivity contribution in [3.63, 3.8) is 0 Å². The minimum Gasteiger partial charge on any atom is -0.383 e. The van der Waals surface area contributed by atoms with Gasteiger partial charge in [-0.15, -0.1) is 12.4 Å². The Bertz CT molecular complexity index is 83.1. The van der Waals surface area contributed by atoms with Crippen molar-refractivity contribution >= 4 is 12.4 Å². The third kappa shape index (κ3) is 2.12. The summed E-state index contributed by atoms with van der Waals surface area (Å²) < 4.78 is 5.00. The van der Waals surface area contributed by atoms with Crippen LogP contribution in [-0.4, -0.2) is 26.3 Å². The van der Waals surface area contributed by atoms with Gasteiger partial charge in [-0.3, -0.25) is 0 Å². The molecule has 0 radical (unpaired) electrons. The van der Waals surface area contributed by atoms with Gasteiger partial charge in [0.2, 0.25) is 0 Å². The maximum absolute atomic E-state index is 5.00. The third-order valence-electron chi connectivity index (χ3n) is 1.80. The molecule has 0 aromatic heterocycles. The number of hydrogen-bond acceptors (Lipinski definition) is 2. The zero-order valence-electron chi connectivity index (χ0n) is 5.94. The Hall–Kier alpha value is 0.210. The maximum atomic E-state index is 5.00. The van der Waals surface area contributed by atoms with Crippen LogP contribution >= 0.6 is 12.4 Å². The molecule has 0 saturated heterocycles. The first kappa shape index (κ1) is 9.21. The zero-order chi connectivity index (χ0) is 6.04. The van der Waals surface area contributed by atoms with Crippen LogP contribution in [0.4, 0.5) is 0 Å². The summed E-state index contributed by atoms with van der Waals surface area (Å²) in [6.45, 7) is 0.865. The summed E-state index contributed by atoms with van der Waals surface area (Å²) in [6, 6.07) is 0. The van der Waals surface area contributed by atoms with Crippen molar-refractivity contribution in [2.45, 2.75) is 18.4 Å². The van der Waals surface area contributed by atoms with Gasteiger partial charge in [-0.2, -0.15) is 0 Å². The highest BCUT2D eigenvalue weighted by Crippen LogP contribution is 2.34. The fourth-order valence-electron chi connectivity index (χ4n) is 0.894. The van der Waals surface area contributed by atoms with Gasteiger partial charge in [-0.25, -0.2) is 0 Å². The maximum Gasteiger partial charge on any atom is 0.0644 e. The largest absolute Gasteiger partial charge is 0.383 e. The number of rotatable bonds is 3. The van der Waals surface area contributed by atoms with E-state index in [-0.39, 0.29) is 12.4 Å². The van der Waals surface area contributed by atoms with Gasteiger partial charge < -0.3 is 10.1 Å². The predicted molar refractivity (Wildman–Crippen MR) is 40.1 cm³/mol. The second-order valence-electron chi connectivity index (χ2n) is 2.46. The van der Waals surface area contributed by atoms with E-state index >= 15 is 0 Å². The van der Waals surface area contributed by atoms with Gasteiger partial charge in [0.25, 0.3) is 0 Å². The minimum absolute atomic E-state index is 0. The molecule has 0 aromatic rings. The van der Waals surface area contributed by atoms with Crippen LogP contribution < -0.4 is 5.32 Å². The van der Waals surface area contributed by atoms with Crippen molar-refractivity contribution < 1.29 is 4.74 Å². The van der Waals surface area contributed by atoms with E-state index in [1.807, 2.05) is 7.05 Å². The van der Waals surface area contributed by atoms with Gasteiger partial charge in [-0.1, -0.05) is 0 Å². The lowest BCUT2D eigenvalue weighted by molar-refractivity contribution is 0.161. The molecule has 0 aromatic carbocycles. The zero-order valence-corrected chi connectivity index (χ0v) is 6.75. The lowest BCUT2D eigenvalue weighted by Crippen LogP contribution is -2.31. The quantitative estimate of drug-likeness (QED) is 0.645. The Labute approximate surface area is 62.4 Å². The van der Waals surface area contributed by atoms with Crippen LogP contribution in [-0.2, 0) is 4.74 Å². The summed E-state index contributed by atoms with van der Waals surface area (Å²) in [4.78, 5) is 0. The summed E-state index contributed by atoms with van der Waals surface area (Å²) in [6.07, 6.45) is 2.55. The summed E-state index contributed by atoms with van der Waals surface area (Å²) in [5.41, 5.74) is 0.370. The van der Waals surface area contributed by atoms with Gasteiger partial charge in [0, 0.05) is 12.6 Å². The van der Waals surface area contributed by atoms with E-state index in [1.165, 1.54) is 12.8 Å². The Morgan fingerprint density at radius 3 is 2.22 bits per heavy atom. The first-order chi connectivity index (χ1) is 3.83. The standard InChI is InChI=1S/C6H13NO.ClH/c1-7-6(3-4-6)5-8-2;/h7H,3-5H2,1-2H3;1H. The van der Waals surface area contributed by atoms with E-state index in [0.717, 1.165) is 6.61 Å². The number of hydrogen-bond donors (Lipinski definition) is 1. The molecule has 1 rings (SSSR count). The molecule has 0 spiro atoms. The number of methoxy groups -OCH3 is 1. The molecule has 0 heterocycles. The Balaban J connectivity index is 0.000000640. The van der Waals surface area contributed by atoms with E-state index in [1.54, 1.807) is 7.11 Å².